The quantitative estimate of drug-likeness (QED) is 0.849. The van der Waals surface area contributed by atoms with Gasteiger partial charge in [-0.15, -0.1) is 0 Å². The minimum Gasteiger partial charge on any atom is -0.355 e. The van der Waals surface area contributed by atoms with Crippen LogP contribution < -0.4 is 5.32 Å². The molecule has 122 valence electrons. The minimum absolute atomic E-state index is 0.00517. The van der Waals surface area contributed by atoms with Crippen molar-refractivity contribution in [1.82, 2.24) is 10.2 Å². The number of amides is 2. The standard InChI is InChI=1S/C16H30N2O2S/c1-5-21-13-8-6-7-11-18(12-13)14(19)9-10-17-15(20)16(2,3)4/h13H,5-12H2,1-4H3,(H,17,20)/t13-/m1/s1. The summed E-state index contributed by atoms with van der Waals surface area (Å²) in [4.78, 5) is 26.1. The highest BCUT2D eigenvalue weighted by molar-refractivity contribution is 7.99. The molecule has 1 fully saturated rings. The van der Waals surface area contributed by atoms with Crippen LogP contribution in [-0.2, 0) is 9.59 Å². The molecule has 1 atom stereocenters. The maximum Gasteiger partial charge on any atom is 0.225 e. The van der Waals surface area contributed by atoms with Gasteiger partial charge in [-0.05, 0) is 18.6 Å². The summed E-state index contributed by atoms with van der Waals surface area (Å²) >= 11 is 1.96. The molecule has 0 bridgehead atoms. The maximum absolute atomic E-state index is 12.3. The van der Waals surface area contributed by atoms with E-state index in [1.165, 1.54) is 12.8 Å². The fourth-order valence-electron chi connectivity index (χ4n) is 2.41. The highest BCUT2D eigenvalue weighted by atomic mass is 32.2. The van der Waals surface area contributed by atoms with Gasteiger partial charge in [0.25, 0.3) is 0 Å². The van der Waals surface area contributed by atoms with Crippen LogP contribution in [0.3, 0.4) is 0 Å². The number of likely N-dealkylation sites (tertiary alicyclic amines) is 1. The Balaban J connectivity index is 2.38. The summed E-state index contributed by atoms with van der Waals surface area (Å²) in [5.74, 6) is 1.28. The molecule has 1 rings (SSSR count). The van der Waals surface area contributed by atoms with E-state index in [2.05, 4.69) is 12.2 Å². The number of nitrogens with one attached hydrogen (secondary N) is 1. The fourth-order valence-corrected chi connectivity index (χ4v) is 3.50. The van der Waals surface area contributed by atoms with Gasteiger partial charge in [-0.1, -0.05) is 34.1 Å². The van der Waals surface area contributed by atoms with Gasteiger partial charge in [0.1, 0.15) is 0 Å². The van der Waals surface area contributed by atoms with E-state index < -0.39 is 5.41 Å². The van der Waals surface area contributed by atoms with Crippen LogP contribution >= 0.6 is 11.8 Å². The second kappa shape index (κ2) is 8.66. The van der Waals surface area contributed by atoms with Crippen molar-refractivity contribution in [3.8, 4) is 0 Å². The average Bonchev–Trinajstić information content (AvgIpc) is 2.63. The van der Waals surface area contributed by atoms with Crippen molar-refractivity contribution in [3.63, 3.8) is 0 Å². The van der Waals surface area contributed by atoms with Crippen molar-refractivity contribution in [1.29, 1.82) is 0 Å². The number of hydrogen-bond acceptors (Lipinski definition) is 3. The zero-order valence-corrected chi connectivity index (χ0v) is 14.7. The smallest absolute Gasteiger partial charge is 0.225 e. The van der Waals surface area contributed by atoms with E-state index in [1.807, 2.05) is 37.4 Å². The maximum atomic E-state index is 12.3. The largest absolute Gasteiger partial charge is 0.355 e. The summed E-state index contributed by atoms with van der Waals surface area (Å²) in [6.07, 6.45) is 3.93. The molecule has 0 radical (unpaired) electrons. The molecule has 0 aromatic carbocycles. The Morgan fingerprint density at radius 2 is 2.00 bits per heavy atom. The topological polar surface area (TPSA) is 49.4 Å². The van der Waals surface area contributed by atoms with E-state index in [0.29, 0.717) is 18.2 Å². The number of rotatable bonds is 5. The molecule has 1 aliphatic rings. The summed E-state index contributed by atoms with van der Waals surface area (Å²) in [5, 5.41) is 3.43. The second-order valence-electron chi connectivity index (χ2n) is 6.67. The molecule has 1 aliphatic heterocycles. The molecule has 1 heterocycles. The van der Waals surface area contributed by atoms with Crippen LogP contribution in [0, 0.1) is 5.41 Å². The predicted molar refractivity (Wildman–Crippen MR) is 89.4 cm³/mol. The molecule has 0 unspecified atom stereocenters. The number of thioether (sulfide) groups is 1. The van der Waals surface area contributed by atoms with Gasteiger partial charge in [0.2, 0.25) is 11.8 Å². The van der Waals surface area contributed by atoms with Crippen molar-refractivity contribution in [2.24, 2.45) is 5.41 Å². The highest BCUT2D eigenvalue weighted by Gasteiger charge is 2.23. The Labute approximate surface area is 133 Å². The molecule has 0 spiro atoms. The zero-order valence-electron chi connectivity index (χ0n) is 13.9. The number of carbonyl (C=O) groups excluding carboxylic acids is 2. The van der Waals surface area contributed by atoms with Crippen LogP contribution in [0.2, 0.25) is 0 Å². The summed E-state index contributed by atoms with van der Waals surface area (Å²) in [5.41, 5.74) is -0.394. The second-order valence-corrected chi connectivity index (χ2v) is 8.25. The average molecular weight is 314 g/mol. The molecule has 0 aromatic rings. The van der Waals surface area contributed by atoms with Gasteiger partial charge in [-0.2, -0.15) is 11.8 Å². The van der Waals surface area contributed by atoms with E-state index >= 15 is 0 Å². The third-order valence-electron chi connectivity index (χ3n) is 3.69. The van der Waals surface area contributed by atoms with Crippen molar-refractivity contribution < 1.29 is 9.59 Å². The lowest BCUT2D eigenvalue weighted by Crippen LogP contribution is -2.40. The molecular weight excluding hydrogens is 284 g/mol. The van der Waals surface area contributed by atoms with Crippen LogP contribution in [0.1, 0.15) is 53.4 Å². The lowest BCUT2D eigenvalue weighted by atomic mass is 9.96. The van der Waals surface area contributed by atoms with Gasteiger partial charge in [0.15, 0.2) is 0 Å². The summed E-state index contributed by atoms with van der Waals surface area (Å²) in [6, 6.07) is 0. The van der Waals surface area contributed by atoms with Crippen molar-refractivity contribution >= 4 is 23.6 Å². The molecule has 2 amide bonds. The van der Waals surface area contributed by atoms with Gasteiger partial charge in [0, 0.05) is 36.7 Å². The Morgan fingerprint density at radius 3 is 2.62 bits per heavy atom. The van der Waals surface area contributed by atoms with Gasteiger partial charge >= 0.3 is 0 Å². The lowest BCUT2D eigenvalue weighted by Gasteiger charge is -2.24. The van der Waals surface area contributed by atoms with Gasteiger partial charge in [-0.3, -0.25) is 9.59 Å². The van der Waals surface area contributed by atoms with E-state index in [9.17, 15) is 9.59 Å². The number of hydrogen-bond donors (Lipinski definition) is 1. The van der Waals surface area contributed by atoms with Crippen LogP contribution in [0.4, 0.5) is 0 Å². The van der Waals surface area contributed by atoms with Crippen LogP contribution in [0.25, 0.3) is 0 Å². The van der Waals surface area contributed by atoms with E-state index in [1.54, 1.807) is 0 Å². The Hall–Kier alpha value is -0.710. The van der Waals surface area contributed by atoms with E-state index in [-0.39, 0.29) is 11.8 Å². The molecule has 0 aliphatic carbocycles. The first-order valence-corrected chi connectivity index (χ1v) is 9.07. The first-order chi connectivity index (χ1) is 9.84. The predicted octanol–water partition coefficient (Wildman–Crippen LogP) is 2.67. The molecule has 1 saturated heterocycles. The zero-order chi connectivity index (χ0) is 15.9. The first-order valence-electron chi connectivity index (χ1n) is 8.02. The van der Waals surface area contributed by atoms with Crippen LogP contribution in [0.5, 0.6) is 0 Å². The molecule has 0 saturated carbocycles. The molecule has 0 aromatic heterocycles. The Kier molecular flexibility index (Phi) is 7.57. The van der Waals surface area contributed by atoms with Crippen molar-refractivity contribution in [2.45, 2.75) is 58.6 Å². The monoisotopic (exact) mass is 314 g/mol. The van der Waals surface area contributed by atoms with Crippen LogP contribution in [0.15, 0.2) is 0 Å². The number of nitrogens with zero attached hydrogens (tertiary/aromatic N) is 1. The van der Waals surface area contributed by atoms with Gasteiger partial charge in [-0.25, -0.2) is 0 Å². The first kappa shape index (κ1) is 18.3. The fraction of sp³-hybridized carbons (Fsp3) is 0.875. The third-order valence-corrected chi connectivity index (χ3v) is 4.88. The highest BCUT2D eigenvalue weighted by Crippen LogP contribution is 2.22. The van der Waals surface area contributed by atoms with Gasteiger partial charge in [0.05, 0.1) is 0 Å². The van der Waals surface area contributed by atoms with Crippen molar-refractivity contribution in [3.05, 3.63) is 0 Å². The Morgan fingerprint density at radius 1 is 1.29 bits per heavy atom. The summed E-state index contributed by atoms with van der Waals surface area (Å²) < 4.78 is 0. The normalized spacial score (nSPS) is 20.0. The van der Waals surface area contributed by atoms with Crippen LogP contribution in [-0.4, -0.2) is 47.4 Å². The van der Waals surface area contributed by atoms with E-state index in [4.69, 9.17) is 0 Å². The molecule has 5 heteroatoms. The van der Waals surface area contributed by atoms with Gasteiger partial charge < -0.3 is 10.2 Å². The molecular formula is C16H30N2O2S. The molecule has 1 N–H and O–H groups in total. The Bertz CT molecular complexity index is 353. The SMILES string of the molecule is CCS[C@@H]1CCCCN(C(=O)CCNC(=O)C(C)(C)C)C1. The third kappa shape index (κ3) is 6.72. The summed E-state index contributed by atoms with van der Waals surface area (Å²) in [6.45, 7) is 9.99. The number of carbonyl (C=O) groups is 2. The lowest BCUT2D eigenvalue weighted by molar-refractivity contribution is -0.131. The molecule has 21 heavy (non-hydrogen) atoms. The van der Waals surface area contributed by atoms with Crippen molar-refractivity contribution in [2.75, 3.05) is 25.4 Å². The molecule has 4 nitrogen and oxygen atoms in total. The summed E-state index contributed by atoms with van der Waals surface area (Å²) in [7, 11) is 0. The van der Waals surface area contributed by atoms with E-state index in [0.717, 1.165) is 25.3 Å². The minimum atomic E-state index is -0.394.